The van der Waals surface area contributed by atoms with Gasteiger partial charge in [0.25, 0.3) is 0 Å². The lowest BCUT2D eigenvalue weighted by Crippen LogP contribution is -2.37. The highest BCUT2D eigenvalue weighted by molar-refractivity contribution is 14.0. The molecule has 126 valence electrons. The third kappa shape index (κ3) is 6.53. The van der Waals surface area contributed by atoms with Gasteiger partial charge in [-0.15, -0.1) is 24.0 Å². The fourth-order valence-corrected chi connectivity index (χ4v) is 1.94. The maximum atomic E-state index is 5.02. The van der Waals surface area contributed by atoms with E-state index in [9.17, 15) is 0 Å². The van der Waals surface area contributed by atoms with Crippen molar-refractivity contribution in [3.8, 4) is 5.69 Å². The highest BCUT2D eigenvalue weighted by Crippen LogP contribution is 2.07. The van der Waals surface area contributed by atoms with Crippen LogP contribution < -0.4 is 10.6 Å². The molecule has 0 spiro atoms. The molecular formula is C15H23IN6O. The van der Waals surface area contributed by atoms with Crippen molar-refractivity contribution in [3.63, 3.8) is 0 Å². The van der Waals surface area contributed by atoms with E-state index in [1.54, 1.807) is 25.2 Å². The highest BCUT2D eigenvalue weighted by Gasteiger charge is 2.00. The Hall–Kier alpha value is -1.68. The molecule has 0 aliphatic rings. The number of benzene rings is 1. The van der Waals surface area contributed by atoms with Crippen LogP contribution in [0.3, 0.4) is 0 Å². The number of rotatable bonds is 7. The number of aromatic nitrogens is 3. The van der Waals surface area contributed by atoms with E-state index in [-0.39, 0.29) is 24.0 Å². The Morgan fingerprint density at radius 3 is 2.65 bits per heavy atom. The van der Waals surface area contributed by atoms with Gasteiger partial charge in [-0.25, -0.2) is 9.67 Å². The normalized spacial score (nSPS) is 11.0. The standard InChI is InChI=1S/C15H22N6O.HI/c1-16-15(18-8-3-9-22-2)19-10-13-4-6-14(7-5-13)21-12-17-11-20-21;/h4-7,11-12H,3,8-10H2,1-2H3,(H2,16,18,19);1H. The number of nitrogens with one attached hydrogen (secondary N) is 2. The van der Waals surface area contributed by atoms with Gasteiger partial charge in [0.1, 0.15) is 12.7 Å². The number of guanidine groups is 1. The van der Waals surface area contributed by atoms with E-state index in [1.807, 2.05) is 12.1 Å². The van der Waals surface area contributed by atoms with Gasteiger partial charge in [-0.1, -0.05) is 12.1 Å². The van der Waals surface area contributed by atoms with E-state index in [4.69, 9.17) is 4.74 Å². The number of nitrogens with zero attached hydrogens (tertiary/aromatic N) is 4. The number of methoxy groups -OCH3 is 1. The van der Waals surface area contributed by atoms with Gasteiger partial charge in [-0.05, 0) is 24.1 Å². The van der Waals surface area contributed by atoms with E-state index in [2.05, 4.69) is 37.8 Å². The molecule has 0 saturated carbocycles. The van der Waals surface area contributed by atoms with Crippen LogP contribution in [0.4, 0.5) is 0 Å². The SMILES string of the molecule is CN=C(NCCCOC)NCc1ccc(-n2cncn2)cc1.I. The first kappa shape index (κ1) is 19.4. The molecule has 0 fully saturated rings. The molecule has 2 rings (SSSR count). The van der Waals surface area contributed by atoms with Crippen LogP contribution in [0.15, 0.2) is 41.9 Å². The monoisotopic (exact) mass is 430 g/mol. The molecule has 1 aromatic heterocycles. The van der Waals surface area contributed by atoms with Crippen LogP contribution in [0, 0.1) is 0 Å². The van der Waals surface area contributed by atoms with Crippen molar-refractivity contribution in [1.82, 2.24) is 25.4 Å². The molecule has 0 unspecified atom stereocenters. The lowest BCUT2D eigenvalue weighted by Gasteiger charge is -2.12. The summed E-state index contributed by atoms with van der Waals surface area (Å²) in [6.45, 7) is 2.29. The maximum absolute atomic E-state index is 5.02. The van der Waals surface area contributed by atoms with Crippen molar-refractivity contribution in [3.05, 3.63) is 42.5 Å². The summed E-state index contributed by atoms with van der Waals surface area (Å²) in [5.74, 6) is 0.788. The lowest BCUT2D eigenvalue weighted by atomic mass is 10.2. The van der Waals surface area contributed by atoms with E-state index in [1.165, 1.54) is 11.9 Å². The quantitative estimate of drug-likeness (QED) is 0.302. The zero-order valence-electron chi connectivity index (χ0n) is 13.4. The number of halogens is 1. The van der Waals surface area contributed by atoms with Crippen LogP contribution in [-0.4, -0.2) is 48.0 Å². The second kappa shape index (κ2) is 10.9. The van der Waals surface area contributed by atoms with Crippen LogP contribution in [0.25, 0.3) is 5.69 Å². The van der Waals surface area contributed by atoms with Gasteiger partial charge < -0.3 is 15.4 Å². The number of hydrogen-bond acceptors (Lipinski definition) is 4. The lowest BCUT2D eigenvalue weighted by molar-refractivity contribution is 0.195. The van der Waals surface area contributed by atoms with Crippen LogP contribution in [0.2, 0.25) is 0 Å². The van der Waals surface area contributed by atoms with E-state index in [0.717, 1.165) is 31.2 Å². The molecule has 2 aromatic rings. The minimum Gasteiger partial charge on any atom is -0.385 e. The maximum Gasteiger partial charge on any atom is 0.191 e. The molecule has 0 aliphatic carbocycles. The summed E-state index contributed by atoms with van der Waals surface area (Å²) in [6, 6.07) is 8.14. The average Bonchev–Trinajstić information content (AvgIpc) is 3.09. The van der Waals surface area contributed by atoms with Gasteiger partial charge >= 0.3 is 0 Å². The smallest absolute Gasteiger partial charge is 0.191 e. The van der Waals surface area contributed by atoms with Gasteiger partial charge in [0.2, 0.25) is 0 Å². The third-order valence-corrected chi connectivity index (χ3v) is 3.12. The Morgan fingerprint density at radius 1 is 1.26 bits per heavy atom. The van der Waals surface area contributed by atoms with Gasteiger partial charge in [-0.3, -0.25) is 4.99 Å². The summed E-state index contributed by atoms with van der Waals surface area (Å²) in [7, 11) is 3.47. The summed E-state index contributed by atoms with van der Waals surface area (Å²) in [6.07, 6.45) is 4.15. The van der Waals surface area contributed by atoms with E-state index in [0.29, 0.717) is 6.54 Å². The summed E-state index contributed by atoms with van der Waals surface area (Å²) in [4.78, 5) is 8.13. The predicted octanol–water partition coefficient (Wildman–Crippen LogP) is 1.59. The number of ether oxygens (including phenoxy) is 1. The Labute approximate surface area is 153 Å². The van der Waals surface area contributed by atoms with Crippen molar-refractivity contribution >= 4 is 29.9 Å². The largest absolute Gasteiger partial charge is 0.385 e. The van der Waals surface area contributed by atoms with Gasteiger partial charge in [-0.2, -0.15) is 5.10 Å². The van der Waals surface area contributed by atoms with Crippen LogP contribution in [0.1, 0.15) is 12.0 Å². The van der Waals surface area contributed by atoms with Gasteiger partial charge in [0.15, 0.2) is 5.96 Å². The Morgan fingerprint density at radius 2 is 2.04 bits per heavy atom. The molecule has 7 nitrogen and oxygen atoms in total. The zero-order chi connectivity index (χ0) is 15.6. The van der Waals surface area contributed by atoms with Crippen molar-refractivity contribution in [2.75, 3.05) is 27.3 Å². The summed E-state index contributed by atoms with van der Waals surface area (Å²) < 4.78 is 6.75. The van der Waals surface area contributed by atoms with Crippen molar-refractivity contribution in [2.24, 2.45) is 4.99 Å². The minimum absolute atomic E-state index is 0. The fourth-order valence-electron chi connectivity index (χ4n) is 1.94. The Balaban J connectivity index is 0.00000264. The highest BCUT2D eigenvalue weighted by atomic mass is 127. The fraction of sp³-hybridized carbons (Fsp3) is 0.400. The molecule has 0 amide bonds. The zero-order valence-corrected chi connectivity index (χ0v) is 15.7. The number of aliphatic imine (C=N–C) groups is 1. The molecule has 1 aromatic carbocycles. The molecule has 0 atom stereocenters. The summed E-state index contributed by atoms with van der Waals surface area (Å²) in [5.41, 5.74) is 2.16. The van der Waals surface area contributed by atoms with E-state index < -0.39 is 0 Å². The number of hydrogen-bond donors (Lipinski definition) is 2. The molecule has 0 bridgehead atoms. The van der Waals surface area contributed by atoms with Gasteiger partial charge in [0.05, 0.1) is 5.69 Å². The molecule has 0 radical (unpaired) electrons. The van der Waals surface area contributed by atoms with Crippen LogP contribution in [0.5, 0.6) is 0 Å². The van der Waals surface area contributed by atoms with Crippen molar-refractivity contribution in [1.29, 1.82) is 0 Å². The average molecular weight is 430 g/mol. The van der Waals surface area contributed by atoms with E-state index >= 15 is 0 Å². The molecule has 0 aliphatic heterocycles. The predicted molar refractivity (Wildman–Crippen MR) is 101 cm³/mol. The van der Waals surface area contributed by atoms with Crippen molar-refractivity contribution in [2.45, 2.75) is 13.0 Å². The Kier molecular flexibility index (Phi) is 9.22. The summed E-state index contributed by atoms with van der Waals surface area (Å²) >= 11 is 0. The first-order chi connectivity index (χ1) is 10.8. The molecule has 8 heteroatoms. The molecule has 0 saturated heterocycles. The second-order valence-electron chi connectivity index (χ2n) is 4.71. The Bertz CT molecular complexity index is 570. The first-order valence-electron chi connectivity index (χ1n) is 7.21. The molecule has 1 heterocycles. The third-order valence-electron chi connectivity index (χ3n) is 3.12. The molecule has 23 heavy (non-hydrogen) atoms. The van der Waals surface area contributed by atoms with Crippen LogP contribution in [-0.2, 0) is 11.3 Å². The van der Waals surface area contributed by atoms with Crippen LogP contribution >= 0.6 is 24.0 Å². The summed E-state index contributed by atoms with van der Waals surface area (Å²) in [5, 5.41) is 10.6. The van der Waals surface area contributed by atoms with Gasteiger partial charge in [0, 0.05) is 33.9 Å². The second-order valence-corrected chi connectivity index (χ2v) is 4.71. The first-order valence-corrected chi connectivity index (χ1v) is 7.21. The van der Waals surface area contributed by atoms with Crippen molar-refractivity contribution < 1.29 is 4.74 Å². The minimum atomic E-state index is 0. The topological polar surface area (TPSA) is 76.4 Å². The molecule has 2 N–H and O–H groups in total. The molecular weight excluding hydrogens is 407 g/mol.